The maximum absolute atomic E-state index is 5.25. The lowest BCUT2D eigenvalue weighted by Crippen LogP contribution is -2.10. The minimum Gasteiger partial charge on any atom is -0.497 e. The van der Waals surface area contributed by atoms with Gasteiger partial charge in [-0.1, -0.05) is 24.3 Å². The second-order valence-electron chi connectivity index (χ2n) is 5.11. The highest BCUT2D eigenvalue weighted by Gasteiger charge is 2.14. The summed E-state index contributed by atoms with van der Waals surface area (Å²) in [4.78, 5) is 0. The van der Waals surface area contributed by atoms with Crippen LogP contribution in [-0.2, 0) is 6.42 Å². The third kappa shape index (κ3) is 2.34. The highest BCUT2D eigenvalue weighted by Crippen LogP contribution is 2.23. The first-order valence-corrected chi connectivity index (χ1v) is 6.62. The summed E-state index contributed by atoms with van der Waals surface area (Å²) >= 11 is 0. The van der Waals surface area contributed by atoms with Gasteiger partial charge < -0.3 is 10.1 Å². The number of benzene rings is 2. The fourth-order valence-electron chi connectivity index (χ4n) is 2.75. The van der Waals surface area contributed by atoms with E-state index in [1.807, 2.05) is 6.07 Å². The van der Waals surface area contributed by atoms with Crippen LogP contribution in [0.15, 0.2) is 36.4 Å². The van der Waals surface area contributed by atoms with E-state index in [1.54, 1.807) is 7.11 Å². The van der Waals surface area contributed by atoms with Crippen molar-refractivity contribution in [2.75, 3.05) is 20.2 Å². The summed E-state index contributed by atoms with van der Waals surface area (Å²) in [6.45, 7) is 2.34. The van der Waals surface area contributed by atoms with E-state index in [1.165, 1.54) is 42.3 Å². The van der Waals surface area contributed by atoms with Gasteiger partial charge in [0.05, 0.1) is 7.11 Å². The van der Waals surface area contributed by atoms with Gasteiger partial charge in [-0.25, -0.2) is 0 Å². The zero-order valence-corrected chi connectivity index (χ0v) is 10.8. The summed E-state index contributed by atoms with van der Waals surface area (Å²) in [5, 5.41) is 5.99. The normalized spacial score (nSPS) is 19.3. The Bertz CT molecular complexity index is 544. The minimum absolute atomic E-state index is 0.806. The largest absolute Gasteiger partial charge is 0.497 e. The fraction of sp³-hybridized carbons (Fsp3) is 0.375. The van der Waals surface area contributed by atoms with Crippen molar-refractivity contribution in [2.45, 2.75) is 12.8 Å². The molecule has 1 saturated heterocycles. The average Bonchev–Trinajstić information content (AvgIpc) is 2.91. The number of fused-ring (bicyclic) bond motifs is 1. The molecular weight excluding hydrogens is 222 g/mol. The molecule has 1 heterocycles. The van der Waals surface area contributed by atoms with Gasteiger partial charge >= 0.3 is 0 Å². The number of rotatable bonds is 3. The number of ether oxygens (including phenoxy) is 1. The molecule has 2 aromatic rings. The van der Waals surface area contributed by atoms with E-state index in [9.17, 15) is 0 Å². The van der Waals surface area contributed by atoms with Gasteiger partial charge in [-0.2, -0.15) is 0 Å². The molecule has 1 aliphatic heterocycles. The molecule has 3 rings (SSSR count). The molecule has 1 atom stereocenters. The number of methoxy groups -OCH3 is 1. The van der Waals surface area contributed by atoms with Crippen LogP contribution < -0.4 is 10.1 Å². The summed E-state index contributed by atoms with van der Waals surface area (Å²) in [6, 6.07) is 13.0. The van der Waals surface area contributed by atoms with Crippen molar-refractivity contribution in [1.82, 2.24) is 5.32 Å². The van der Waals surface area contributed by atoms with E-state index < -0.39 is 0 Å². The molecule has 18 heavy (non-hydrogen) atoms. The molecule has 0 amide bonds. The molecule has 0 radical (unpaired) electrons. The van der Waals surface area contributed by atoms with Gasteiger partial charge in [0.15, 0.2) is 0 Å². The van der Waals surface area contributed by atoms with E-state index >= 15 is 0 Å². The molecule has 1 aliphatic rings. The van der Waals surface area contributed by atoms with Crippen LogP contribution in [0.4, 0.5) is 0 Å². The lowest BCUT2D eigenvalue weighted by Gasteiger charge is -2.09. The lowest BCUT2D eigenvalue weighted by atomic mass is 9.96. The summed E-state index contributed by atoms with van der Waals surface area (Å²) in [5.41, 5.74) is 1.45. The lowest BCUT2D eigenvalue weighted by molar-refractivity contribution is 0.415. The van der Waals surface area contributed by atoms with Crippen molar-refractivity contribution in [3.63, 3.8) is 0 Å². The van der Waals surface area contributed by atoms with Crippen LogP contribution in [-0.4, -0.2) is 20.2 Å². The van der Waals surface area contributed by atoms with Gasteiger partial charge in [-0.3, -0.25) is 0 Å². The first kappa shape index (κ1) is 11.5. The van der Waals surface area contributed by atoms with Crippen molar-refractivity contribution in [3.05, 3.63) is 42.0 Å². The molecular formula is C16H19NO. The maximum Gasteiger partial charge on any atom is 0.119 e. The topological polar surface area (TPSA) is 21.3 Å². The Labute approximate surface area is 108 Å². The molecule has 0 aliphatic carbocycles. The Kier molecular flexibility index (Phi) is 3.20. The summed E-state index contributed by atoms with van der Waals surface area (Å²) < 4.78 is 5.25. The Morgan fingerprint density at radius 3 is 2.78 bits per heavy atom. The van der Waals surface area contributed by atoms with E-state index in [0.29, 0.717) is 0 Å². The second-order valence-corrected chi connectivity index (χ2v) is 5.11. The van der Waals surface area contributed by atoms with Gasteiger partial charge in [0.25, 0.3) is 0 Å². The number of hydrogen-bond acceptors (Lipinski definition) is 2. The maximum atomic E-state index is 5.25. The van der Waals surface area contributed by atoms with Crippen molar-refractivity contribution in [3.8, 4) is 5.75 Å². The van der Waals surface area contributed by atoms with Gasteiger partial charge in [-0.05, 0) is 60.3 Å². The van der Waals surface area contributed by atoms with Gasteiger partial charge in [0, 0.05) is 0 Å². The highest BCUT2D eigenvalue weighted by molar-refractivity contribution is 5.84. The first-order chi connectivity index (χ1) is 8.85. The molecule has 1 fully saturated rings. The molecule has 94 valence electrons. The van der Waals surface area contributed by atoms with Crippen LogP contribution >= 0.6 is 0 Å². The second kappa shape index (κ2) is 4.99. The summed E-state index contributed by atoms with van der Waals surface area (Å²) in [6.07, 6.45) is 2.50. The Morgan fingerprint density at radius 1 is 1.17 bits per heavy atom. The van der Waals surface area contributed by atoms with Gasteiger partial charge in [0.1, 0.15) is 5.75 Å². The molecule has 1 unspecified atom stereocenters. The molecule has 2 aromatic carbocycles. The van der Waals surface area contributed by atoms with Crippen LogP contribution in [0.1, 0.15) is 12.0 Å². The number of nitrogens with one attached hydrogen (secondary N) is 1. The Hall–Kier alpha value is -1.54. The molecule has 0 spiro atoms. The molecule has 2 nitrogen and oxygen atoms in total. The highest BCUT2D eigenvalue weighted by atomic mass is 16.5. The molecule has 0 bridgehead atoms. The monoisotopic (exact) mass is 241 g/mol. The van der Waals surface area contributed by atoms with Gasteiger partial charge in [-0.15, -0.1) is 0 Å². The summed E-state index contributed by atoms with van der Waals surface area (Å²) in [7, 11) is 1.71. The SMILES string of the molecule is COc1ccc2cc(CC3CCNC3)ccc2c1. The zero-order chi connectivity index (χ0) is 12.4. The van der Waals surface area contributed by atoms with E-state index in [0.717, 1.165) is 11.7 Å². The predicted octanol–water partition coefficient (Wildman–Crippen LogP) is 3.00. The standard InChI is InChI=1S/C16H19NO/c1-18-16-5-4-14-9-12(2-3-15(14)10-16)8-13-6-7-17-11-13/h2-5,9-10,13,17H,6-8,11H2,1H3. The molecule has 0 saturated carbocycles. The predicted molar refractivity (Wildman–Crippen MR) is 75.2 cm³/mol. The average molecular weight is 241 g/mol. The van der Waals surface area contributed by atoms with Gasteiger partial charge in [0.2, 0.25) is 0 Å². The van der Waals surface area contributed by atoms with E-state index in [-0.39, 0.29) is 0 Å². The van der Waals surface area contributed by atoms with E-state index in [2.05, 4.69) is 35.6 Å². The third-order valence-electron chi connectivity index (χ3n) is 3.80. The van der Waals surface area contributed by atoms with Crippen LogP contribution in [0.2, 0.25) is 0 Å². The Morgan fingerprint density at radius 2 is 2.00 bits per heavy atom. The summed E-state index contributed by atoms with van der Waals surface area (Å²) in [5.74, 6) is 1.73. The smallest absolute Gasteiger partial charge is 0.119 e. The third-order valence-corrected chi connectivity index (χ3v) is 3.80. The molecule has 2 heteroatoms. The fourth-order valence-corrected chi connectivity index (χ4v) is 2.75. The van der Waals surface area contributed by atoms with Crippen molar-refractivity contribution >= 4 is 10.8 Å². The first-order valence-electron chi connectivity index (χ1n) is 6.62. The van der Waals surface area contributed by atoms with Crippen LogP contribution in [0, 0.1) is 5.92 Å². The van der Waals surface area contributed by atoms with Crippen LogP contribution in [0.25, 0.3) is 10.8 Å². The van der Waals surface area contributed by atoms with Crippen molar-refractivity contribution in [1.29, 1.82) is 0 Å². The minimum atomic E-state index is 0.806. The van der Waals surface area contributed by atoms with Crippen LogP contribution in [0.5, 0.6) is 5.75 Å². The van der Waals surface area contributed by atoms with Crippen molar-refractivity contribution in [2.24, 2.45) is 5.92 Å². The number of hydrogen-bond donors (Lipinski definition) is 1. The van der Waals surface area contributed by atoms with E-state index in [4.69, 9.17) is 4.74 Å². The Balaban J connectivity index is 1.86. The van der Waals surface area contributed by atoms with Crippen molar-refractivity contribution < 1.29 is 4.74 Å². The molecule has 0 aromatic heterocycles. The van der Waals surface area contributed by atoms with Crippen LogP contribution in [0.3, 0.4) is 0 Å². The quantitative estimate of drug-likeness (QED) is 0.892. The zero-order valence-electron chi connectivity index (χ0n) is 10.8. The molecule has 1 N–H and O–H groups in total.